The maximum Gasteiger partial charge on any atom is 0.115 e. The number of phenolic OH excluding ortho intramolecular Hbond substituents is 1. The van der Waals surface area contributed by atoms with Crippen LogP contribution in [0.15, 0.2) is 18.2 Å². The molecule has 2 aliphatic rings. The molecule has 18 heavy (non-hydrogen) atoms. The van der Waals surface area contributed by atoms with Crippen molar-refractivity contribution in [2.45, 2.75) is 52.6 Å². The minimum atomic E-state index is 0.382. The molecule has 2 heteroatoms. The molecule has 1 atom stereocenters. The van der Waals surface area contributed by atoms with E-state index >= 15 is 0 Å². The second-order valence-corrected chi connectivity index (χ2v) is 7.02. The zero-order chi connectivity index (χ0) is 13.1. The van der Waals surface area contributed by atoms with Crippen molar-refractivity contribution in [2.24, 2.45) is 10.8 Å². The first-order chi connectivity index (χ1) is 8.34. The third-order valence-corrected chi connectivity index (χ3v) is 5.59. The minimum absolute atomic E-state index is 0.382. The highest BCUT2D eigenvalue weighted by atomic mass is 16.3. The van der Waals surface area contributed by atoms with Crippen LogP contribution >= 0.6 is 0 Å². The summed E-state index contributed by atoms with van der Waals surface area (Å²) in [7, 11) is 0. The van der Waals surface area contributed by atoms with Crippen LogP contribution in [0.1, 0.15) is 51.3 Å². The smallest absolute Gasteiger partial charge is 0.115 e. The van der Waals surface area contributed by atoms with E-state index in [1.54, 1.807) is 0 Å². The summed E-state index contributed by atoms with van der Waals surface area (Å²) in [6.07, 6.45) is 2.23. The molecule has 0 amide bonds. The van der Waals surface area contributed by atoms with Gasteiger partial charge in [-0.05, 0) is 46.9 Å². The van der Waals surface area contributed by atoms with Crippen molar-refractivity contribution in [1.29, 1.82) is 0 Å². The third-order valence-electron chi connectivity index (χ3n) is 5.59. The molecule has 0 heterocycles. The predicted octanol–water partition coefficient (Wildman–Crippen LogP) is 3.40. The Kier molecular flexibility index (Phi) is 2.34. The molecule has 2 nitrogen and oxygen atoms in total. The second kappa shape index (κ2) is 3.51. The first-order valence-electron chi connectivity index (χ1n) is 6.92. The molecule has 0 bridgehead atoms. The molecule has 0 saturated heterocycles. The highest BCUT2D eigenvalue weighted by Crippen LogP contribution is 2.63. The lowest BCUT2D eigenvalue weighted by molar-refractivity contribution is 0.457. The molecule has 1 unspecified atom stereocenters. The van der Waals surface area contributed by atoms with Gasteiger partial charge in [0.15, 0.2) is 0 Å². The Labute approximate surface area is 109 Å². The number of nitrogens with one attached hydrogen (secondary N) is 1. The Morgan fingerprint density at radius 1 is 1.17 bits per heavy atom. The van der Waals surface area contributed by atoms with Crippen LogP contribution in [0.4, 0.5) is 0 Å². The maximum absolute atomic E-state index is 9.52. The lowest BCUT2D eigenvalue weighted by Crippen LogP contribution is -2.26. The summed E-state index contributed by atoms with van der Waals surface area (Å²) >= 11 is 0. The van der Waals surface area contributed by atoms with Crippen LogP contribution in [-0.4, -0.2) is 11.1 Å². The van der Waals surface area contributed by atoms with Crippen LogP contribution in [0.25, 0.3) is 0 Å². The fraction of sp³-hybridized carbons (Fsp3) is 0.625. The van der Waals surface area contributed by atoms with Gasteiger partial charge in [0.25, 0.3) is 0 Å². The number of aryl methyl sites for hydroxylation is 1. The van der Waals surface area contributed by atoms with E-state index < -0.39 is 0 Å². The summed E-state index contributed by atoms with van der Waals surface area (Å²) in [4.78, 5) is 0. The molecule has 1 fully saturated rings. The van der Waals surface area contributed by atoms with Crippen molar-refractivity contribution < 1.29 is 5.11 Å². The minimum Gasteiger partial charge on any atom is -0.508 e. The van der Waals surface area contributed by atoms with Gasteiger partial charge in [-0.1, -0.05) is 33.8 Å². The lowest BCUT2D eigenvalue weighted by atomic mass is 10.0. The molecule has 1 saturated carbocycles. The summed E-state index contributed by atoms with van der Waals surface area (Å²) in [5.74, 6) is 0.390. The first kappa shape index (κ1) is 12.0. The number of phenols is 1. The van der Waals surface area contributed by atoms with Crippen molar-refractivity contribution >= 4 is 0 Å². The van der Waals surface area contributed by atoms with Gasteiger partial charge >= 0.3 is 0 Å². The number of hydrogen-bond donors (Lipinski definition) is 2. The average molecular weight is 245 g/mol. The number of hydrogen-bond acceptors (Lipinski definition) is 2. The molecule has 0 radical (unpaired) electrons. The maximum atomic E-state index is 9.52. The molecular formula is C16H23NO. The van der Waals surface area contributed by atoms with Crippen LogP contribution in [0, 0.1) is 10.8 Å². The van der Waals surface area contributed by atoms with Gasteiger partial charge in [-0.3, -0.25) is 0 Å². The monoisotopic (exact) mass is 245 g/mol. The second-order valence-electron chi connectivity index (χ2n) is 7.02. The van der Waals surface area contributed by atoms with Gasteiger partial charge in [0.05, 0.1) is 0 Å². The fourth-order valence-corrected chi connectivity index (χ4v) is 3.59. The van der Waals surface area contributed by atoms with Crippen molar-refractivity contribution in [3.8, 4) is 5.75 Å². The first-order valence-corrected chi connectivity index (χ1v) is 6.92. The van der Waals surface area contributed by atoms with Crippen molar-refractivity contribution in [3.63, 3.8) is 0 Å². The van der Waals surface area contributed by atoms with Crippen LogP contribution < -0.4 is 5.32 Å². The van der Waals surface area contributed by atoms with Crippen molar-refractivity contribution in [2.75, 3.05) is 0 Å². The summed E-state index contributed by atoms with van der Waals surface area (Å²) in [5.41, 5.74) is 3.45. The average Bonchev–Trinajstić information content (AvgIpc) is 2.64. The molecule has 3 rings (SSSR count). The summed E-state index contributed by atoms with van der Waals surface area (Å²) in [6, 6.07) is 6.86. The van der Waals surface area contributed by atoms with Gasteiger partial charge in [0.1, 0.15) is 5.75 Å². The van der Waals surface area contributed by atoms with E-state index in [-0.39, 0.29) is 0 Å². The van der Waals surface area contributed by atoms with Crippen LogP contribution in [0.2, 0.25) is 0 Å². The number of benzene rings is 1. The SMILES string of the molecule is CC1(C)C(NC2CCc3cc(O)ccc32)C1(C)C. The number of aromatic hydroxyl groups is 1. The van der Waals surface area contributed by atoms with Crippen LogP contribution in [-0.2, 0) is 6.42 Å². The molecule has 0 spiro atoms. The zero-order valence-electron chi connectivity index (χ0n) is 11.7. The van der Waals surface area contributed by atoms with Crippen molar-refractivity contribution in [1.82, 2.24) is 5.32 Å². The van der Waals surface area contributed by atoms with Gasteiger partial charge in [0.2, 0.25) is 0 Å². The molecule has 0 aliphatic heterocycles. The summed E-state index contributed by atoms with van der Waals surface area (Å²) in [5, 5.41) is 13.4. The summed E-state index contributed by atoms with van der Waals surface area (Å²) < 4.78 is 0. The van der Waals surface area contributed by atoms with Gasteiger partial charge < -0.3 is 10.4 Å². The number of fused-ring (bicyclic) bond motifs is 1. The predicted molar refractivity (Wildman–Crippen MR) is 73.7 cm³/mol. The molecule has 1 aromatic carbocycles. The Morgan fingerprint density at radius 3 is 2.44 bits per heavy atom. The molecular weight excluding hydrogens is 222 g/mol. The van der Waals surface area contributed by atoms with Gasteiger partial charge in [-0.25, -0.2) is 0 Å². The van der Waals surface area contributed by atoms with E-state index in [0.717, 1.165) is 12.8 Å². The van der Waals surface area contributed by atoms with Gasteiger partial charge in [-0.15, -0.1) is 0 Å². The van der Waals surface area contributed by atoms with E-state index in [9.17, 15) is 5.11 Å². The molecule has 98 valence electrons. The lowest BCUT2D eigenvalue weighted by Gasteiger charge is -2.16. The van der Waals surface area contributed by atoms with E-state index in [1.807, 2.05) is 12.1 Å². The Balaban J connectivity index is 1.79. The van der Waals surface area contributed by atoms with Crippen LogP contribution in [0.5, 0.6) is 5.75 Å². The molecule has 2 aliphatic carbocycles. The Hall–Kier alpha value is -1.02. The standard InChI is InChI=1S/C16H23NO/c1-15(2)14(16(15,3)4)17-13-8-5-10-9-11(18)6-7-12(10)13/h6-7,9,13-14,17-18H,5,8H2,1-4H3. The van der Waals surface area contributed by atoms with Gasteiger partial charge in [0, 0.05) is 12.1 Å². The third kappa shape index (κ3) is 1.51. The van der Waals surface area contributed by atoms with Crippen molar-refractivity contribution in [3.05, 3.63) is 29.3 Å². The highest BCUT2D eigenvalue weighted by molar-refractivity contribution is 5.40. The topological polar surface area (TPSA) is 32.3 Å². The van der Waals surface area contributed by atoms with E-state index in [0.29, 0.717) is 28.7 Å². The Bertz CT molecular complexity index is 476. The van der Waals surface area contributed by atoms with E-state index in [4.69, 9.17) is 0 Å². The molecule has 1 aromatic rings. The summed E-state index contributed by atoms with van der Waals surface area (Å²) in [6.45, 7) is 9.38. The van der Waals surface area contributed by atoms with E-state index in [2.05, 4.69) is 39.1 Å². The van der Waals surface area contributed by atoms with E-state index in [1.165, 1.54) is 11.1 Å². The Morgan fingerprint density at radius 2 is 1.83 bits per heavy atom. The zero-order valence-corrected chi connectivity index (χ0v) is 11.7. The normalized spacial score (nSPS) is 28.1. The highest BCUT2D eigenvalue weighted by Gasteiger charge is 2.65. The molecule has 0 aromatic heterocycles. The fourth-order valence-electron chi connectivity index (χ4n) is 3.59. The van der Waals surface area contributed by atoms with Gasteiger partial charge in [-0.2, -0.15) is 0 Å². The largest absolute Gasteiger partial charge is 0.508 e. The van der Waals surface area contributed by atoms with Crippen LogP contribution in [0.3, 0.4) is 0 Å². The number of rotatable bonds is 2. The quantitative estimate of drug-likeness (QED) is 0.837. The molecule has 2 N–H and O–H groups in total.